The van der Waals surface area contributed by atoms with Gasteiger partial charge in [0.1, 0.15) is 23.0 Å². The fourth-order valence-corrected chi connectivity index (χ4v) is 3.97. The Morgan fingerprint density at radius 3 is 1.42 bits per heavy atom. The SMILES string of the molecule is [CH2]CNC(=O)Oc1ccc2ccc(OC)cc2c1-c1c(OC(=O)NC[CH2])ccc2ccc(OC)cc12. The summed E-state index contributed by atoms with van der Waals surface area (Å²) in [6.45, 7) is 7.57. The molecule has 0 heterocycles. The highest BCUT2D eigenvalue weighted by Crippen LogP contribution is 2.47. The van der Waals surface area contributed by atoms with Crippen molar-refractivity contribution in [2.24, 2.45) is 0 Å². The van der Waals surface area contributed by atoms with E-state index in [1.165, 1.54) is 0 Å². The van der Waals surface area contributed by atoms with Crippen LogP contribution in [0, 0.1) is 13.8 Å². The standard InChI is InChI=1S/C28H26N2O6/c1-5-29-27(31)35-23-13-9-17-7-11-19(33-3)15-21(17)25(23)26-22-16-20(34-4)12-8-18(22)10-14-24(26)36-28(32)30-6-2/h7-16H,1-2,5-6H2,3-4H3,(H,29,31)(H,30,32). The Kier molecular flexibility index (Phi) is 7.44. The van der Waals surface area contributed by atoms with Crippen molar-refractivity contribution in [3.05, 3.63) is 74.5 Å². The summed E-state index contributed by atoms with van der Waals surface area (Å²) in [5.41, 5.74) is 1.09. The summed E-state index contributed by atoms with van der Waals surface area (Å²) in [4.78, 5) is 24.9. The number of fused-ring (bicyclic) bond motifs is 2. The van der Waals surface area contributed by atoms with Crippen LogP contribution in [0.25, 0.3) is 32.7 Å². The Balaban J connectivity index is 2.10. The van der Waals surface area contributed by atoms with E-state index in [0.717, 1.165) is 21.5 Å². The molecule has 0 spiro atoms. The molecule has 4 aromatic rings. The number of methoxy groups -OCH3 is 2. The predicted octanol–water partition coefficient (Wildman–Crippen LogP) is 5.52. The molecule has 0 aromatic heterocycles. The first kappa shape index (κ1) is 24.7. The summed E-state index contributed by atoms with van der Waals surface area (Å²) in [6.07, 6.45) is -1.33. The molecule has 2 amide bonds. The van der Waals surface area contributed by atoms with Crippen molar-refractivity contribution in [1.29, 1.82) is 0 Å². The maximum Gasteiger partial charge on any atom is 0.412 e. The van der Waals surface area contributed by atoms with Gasteiger partial charge in [0.25, 0.3) is 0 Å². The predicted molar refractivity (Wildman–Crippen MR) is 139 cm³/mol. The smallest absolute Gasteiger partial charge is 0.412 e. The number of hydrogen-bond acceptors (Lipinski definition) is 6. The Hall–Kier alpha value is -4.46. The molecular weight excluding hydrogens is 460 g/mol. The minimum absolute atomic E-state index is 0.153. The third-order valence-corrected chi connectivity index (χ3v) is 5.57. The molecule has 184 valence electrons. The second kappa shape index (κ2) is 10.9. The number of hydrogen-bond donors (Lipinski definition) is 2. The highest BCUT2D eigenvalue weighted by Gasteiger charge is 2.22. The number of amides is 2. The molecule has 0 fully saturated rings. The lowest BCUT2D eigenvalue weighted by Gasteiger charge is -2.19. The van der Waals surface area contributed by atoms with Crippen LogP contribution in [0.4, 0.5) is 9.59 Å². The van der Waals surface area contributed by atoms with Gasteiger partial charge < -0.3 is 29.6 Å². The largest absolute Gasteiger partial charge is 0.497 e. The average Bonchev–Trinajstić information content (AvgIpc) is 2.88. The van der Waals surface area contributed by atoms with Crippen LogP contribution in [0.1, 0.15) is 0 Å². The number of benzene rings is 4. The van der Waals surface area contributed by atoms with E-state index in [4.69, 9.17) is 18.9 Å². The second-order valence-corrected chi connectivity index (χ2v) is 7.68. The van der Waals surface area contributed by atoms with Crippen LogP contribution in [0.5, 0.6) is 23.0 Å². The molecule has 8 nitrogen and oxygen atoms in total. The Labute approximate surface area is 209 Å². The van der Waals surface area contributed by atoms with Gasteiger partial charge in [-0.2, -0.15) is 0 Å². The van der Waals surface area contributed by atoms with Gasteiger partial charge in [0.05, 0.1) is 14.2 Å². The van der Waals surface area contributed by atoms with Crippen LogP contribution in [-0.4, -0.2) is 39.5 Å². The van der Waals surface area contributed by atoms with Crippen LogP contribution in [0.15, 0.2) is 60.7 Å². The van der Waals surface area contributed by atoms with E-state index >= 15 is 0 Å². The van der Waals surface area contributed by atoms with Crippen LogP contribution < -0.4 is 29.6 Å². The van der Waals surface area contributed by atoms with Crippen molar-refractivity contribution in [2.75, 3.05) is 27.3 Å². The molecular formula is C28H26N2O6. The Morgan fingerprint density at radius 2 is 1.06 bits per heavy atom. The molecule has 0 aliphatic heterocycles. The van der Waals surface area contributed by atoms with E-state index in [1.54, 1.807) is 26.4 Å². The monoisotopic (exact) mass is 486 g/mol. The van der Waals surface area contributed by atoms with Crippen molar-refractivity contribution >= 4 is 33.7 Å². The second-order valence-electron chi connectivity index (χ2n) is 7.68. The van der Waals surface area contributed by atoms with Gasteiger partial charge in [-0.15, -0.1) is 0 Å². The van der Waals surface area contributed by atoms with Crippen molar-refractivity contribution in [3.8, 4) is 34.1 Å². The lowest BCUT2D eigenvalue weighted by molar-refractivity contribution is 0.200. The summed E-state index contributed by atoms with van der Waals surface area (Å²) >= 11 is 0. The molecule has 0 bridgehead atoms. The molecule has 0 aliphatic rings. The van der Waals surface area contributed by atoms with E-state index in [2.05, 4.69) is 24.5 Å². The van der Waals surface area contributed by atoms with Crippen LogP contribution in [-0.2, 0) is 0 Å². The van der Waals surface area contributed by atoms with Crippen LogP contribution >= 0.6 is 0 Å². The van der Waals surface area contributed by atoms with Gasteiger partial charge in [0.2, 0.25) is 0 Å². The zero-order valence-corrected chi connectivity index (χ0v) is 20.1. The van der Waals surface area contributed by atoms with Crippen LogP contribution in [0.2, 0.25) is 0 Å². The van der Waals surface area contributed by atoms with Gasteiger partial charge in [0, 0.05) is 24.2 Å². The normalized spacial score (nSPS) is 10.7. The Morgan fingerprint density at radius 1 is 0.667 bits per heavy atom. The molecule has 0 unspecified atom stereocenters. The van der Waals surface area contributed by atoms with Crippen molar-refractivity contribution < 1.29 is 28.5 Å². The van der Waals surface area contributed by atoms with Crippen molar-refractivity contribution in [2.45, 2.75) is 0 Å². The fourth-order valence-electron chi connectivity index (χ4n) is 3.97. The van der Waals surface area contributed by atoms with Gasteiger partial charge in [0.15, 0.2) is 0 Å². The van der Waals surface area contributed by atoms with Gasteiger partial charge in [-0.25, -0.2) is 9.59 Å². The average molecular weight is 487 g/mol. The maximum absolute atomic E-state index is 12.4. The van der Waals surface area contributed by atoms with E-state index in [1.807, 2.05) is 48.5 Å². The highest BCUT2D eigenvalue weighted by molar-refractivity contribution is 6.11. The lowest BCUT2D eigenvalue weighted by atomic mass is 9.92. The van der Waals surface area contributed by atoms with E-state index < -0.39 is 12.2 Å². The topological polar surface area (TPSA) is 95.1 Å². The molecule has 2 radical (unpaired) electrons. The summed E-state index contributed by atoms with van der Waals surface area (Å²) in [7, 11) is 3.15. The van der Waals surface area contributed by atoms with E-state index in [-0.39, 0.29) is 24.6 Å². The summed E-state index contributed by atoms with van der Waals surface area (Å²) in [5, 5.41) is 8.27. The molecule has 4 aromatic carbocycles. The first-order valence-corrected chi connectivity index (χ1v) is 11.2. The third-order valence-electron chi connectivity index (χ3n) is 5.57. The minimum Gasteiger partial charge on any atom is -0.497 e. The Bertz CT molecular complexity index is 1320. The number of carbonyl (C=O) groups is 2. The van der Waals surface area contributed by atoms with Gasteiger partial charge in [-0.1, -0.05) is 24.3 Å². The fraction of sp³-hybridized carbons (Fsp3) is 0.143. The quantitative estimate of drug-likeness (QED) is 0.357. The van der Waals surface area contributed by atoms with Crippen molar-refractivity contribution in [1.82, 2.24) is 10.6 Å². The molecule has 0 aliphatic carbocycles. The molecule has 0 saturated carbocycles. The summed E-state index contributed by atoms with van der Waals surface area (Å²) < 4.78 is 22.4. The minimum atomic E-state index is -0.663. The number of rotatable bonds is 7. The third kappa shape index (κ3) is 4.98. The highest BCUT2D eigenvalue weighted by atomic mass is 16.6. The zero-order chi connectivity index (χ0) is 25.7. The molecule has 2 N–H and O–H groups in total. The molecule has 8 heteroatoms. The van der Waals surface area contributed by atoms with Crippen LogP contribution in [0.3, 0.4) is 0 Å². The van der Waals surface area contributed by atoms with E-state index in [0.29, 0.717) is 22.6 Å². The molecule has 36 heavy (non-hydrogen) atoms. The lowest BCUT2D eigenvalue weighted by Crippen LogP contribution is -2.27. The van der Waals surface area contributed by atoms with E-state index in [9.17, 15) is 9.59 Å². The summed E-state index contributed by atoms with van der Waals surface area (Å²) in [5.74, 6) is 1.75. The maximum atomic E-state index is 12.4. The number of ether oxygens (including phenoxy) is 4. The van der Waals surface area contributed by atoms with Gasteiger partial charge >= 0.3 is 12.2 Å². The first-order valence-electron chi connectivity index (χ1n) is 11.2. The van der Waals surface area contributed by atoms with Gasteiger partial charge in [-0.3, -0.25) is 0 Å². The molecule has 4 rings (SSSR count). The summed E-state index contributed by atoms with van der Waals surface area (Å²) in [6, 6.07) is 18.3. The number of carbonyl (C=O) groups excluding carboxylic acids is 2. The zero-order valence-electron chi connectivity index (χ0n) is 20.1. The van der Waals surface area contributed by atoms with Gasteiger partial charge in [-0.05, 0) is 71.8 Å². The number of nitrogens with one attached hydrogen (secondary N) is 2. The molecule has 0 atom stereocenters. The first-order chi connectivity index (χ1) is 17.5. The van der Waals surface area contributed by atoms with Crippen molar-refractivity contribution in [3.63, 3.8) is 0 Å². The molecule has 0 saturated heterocycles.